The molecular formula is C13H17BrFN. The van der Waals surface area contributed by atoms with Crippen LogP contribution in [0.4, 0.5) is 4.39 Å². The van der Waals surface area contributed by atoms with Crippen molar-refractivity contribution in [2.45, 2.75) is 26.3 Å². The van der Waals surface area contributed by atoms with Crippen molar-refractivity contribution in [3.63, 3.8) is 0 Å². The maximum absolute atomic E-state index is 13.1. The van der Waals surface area contributed by atoms with Crippen LogP contribution in [-0.4, -0.2) is 18.0 Å². The van der Waals surface area contributed by atoms with E-state index in [1.165, 1.54) is 18.9 Å². The molecule has 1 nitrogen and oxygen atoms in total. The van der Waals surface area contributed by atoms with Gasteiger partial charge in [-0.2, -0.15) is 0 Å². The summed E-state index contributed by atoms with van der Waals surface area (Å²) in [7, 11) is 0. The first-order valence-electron chi connectivity index (χ1n) is 5.81. The summed E-state index contributed by atoms with van der Waals surface area (Å²) >= 11 is 3.48. The van der Waals surface area contributed by atoms with Crippen LogP contribution < -0.4 is 0 Å². The largest absolute Gasteiger partial charge is 0.299 e. The molecule has 2 rings (SSSR count). The monoisotopic (exact) mass is 285 g/mol. The molecule has 0 N–H and O–H groups in total. The molecule has 0 aromatic heterocycles. The first-order valence-corrected chi connectivity index (χ1v) is 6.61. The van der Waals surface area contributed by atoms with Crippen LogP contribution in [0.15, 0.2) is 22.7 Å². The topological polar surface area (TPSA) is 3.24 Å². The van der Waals surface area contributed by atoms with Crippen LogP contribution in [0.25, 0.3) is 0 Å². The SMILES string of the molecule is CC1CCN(Cc2cc(F)ccc2Br)CC1. The van der Waals surface area contributed by atoms with Gasteiger partial charge in [-0.3, -0.25) is 4.90 Å². The molecule has 0 radical (unpaired) electrons. The van der Waals surface area contributed by atoms with Gasteiger partial charge in [0.2, 0.25) is 0 Å². The lowest BCUT2D eigenvalue weighted by Gasteiger charge is -2.30. The standard InChI is InChI=1S/C13H17BrFN/c1-10-4-6-16(7-5-10)9-11-8-12(15)2-3-13(11)14/h2-3,8,10H,4-7,9H2,1H3. The first-order chi connectivity index (χ1) is 7.65. The summed E-state index contributed by atoms with van der Waals surface area (Å²) in [4.78, 5) is 2.40. The number of hydrogen-bond donors (Lipinski definition) is 0. The van der Waals surface area contributed by atoms with Crippen LogP contribution in [0, 0.1) is 11.7 Å². The number of hydrogen-bond acceptors (Lipinski definition) is 1. The summed E-state index contributed by atoms with van der Waals surface area (Å²) in [5.41, 5.74) is 1.05. The Kier molecular flexibility index (Phi) is 3.98. The summed E-state index contributed by atoms with van der Waals surface area (Å²) in [5, 5.41) is 0. The van der Waals surface area contributed by atoms with E-state index in [1.807, 2.05) is 0 Å². The summed E-state index contributed by atoms with van der Waals surface area (Å²) < 4.78 is 14.1. The molecule has 1 saturated heterocycles. The summed E-state index contributed by atoms with van der Waals surface area (Å²) in [6.45, 7) is 5.41. The minimum absolute atomic E-state index is 0.149. The Morgan fingerprint density at radius 3 is 2.75 bits per heavy atom. The van der Waals surface area contributed by atoms with Crippen molar-refractivity contribution >= 4 is 15.9 Å². The highest BCUT2D eigenvalue weighted by Gasteiger charge is 2.16. The second-order valence-electron chi connectivity index (χ2n) is 4.69. The predicted octanol–water partition coefficient (Wildman–Crippen LogP) is 3.82. The normalized spacial score (nSPS) is 18.9. The lowest BCUT2D eigenvalue weighted by molar-refractivity contribution is 0.185. The van der Waals surface area contributed by atoms with Crippen molar-refractivity contribution in [2.24, 2.45) is 5.92 Å². The predicted molar refractivity (Wildman–Crippen MR) is 67.8 cm³/mol. The summed E-state index contributed by atoms with van der Waals surface area (Å²) in [5.74, 6) is 0.691. The molecule has 1 aromatic carbocycles. The highest BCUT2D eigenvalue weighted by atomic mass is 79.9. The molecule has 0 aliphatic carbocycles. The molecule has 1 aliphatic heterocycles. The number of likely N-dealkylation sites (tertiary alicyclic amines) is 1. The van der Waals surface area contributed by atoms with Crippen LogP contribution in [0.1, 0.15) is 25.3 Å². The van der Waals surface area contributed by atoms with Crippen molar-refractivity contribution in [3.05, 3.63) is 34.1 Å². The quantitative estimate of drug-likeness (QED) is 0.799. The molecule has 1 aliphatic rings. The molecule has 0 unspecified atom stereocenters. The molecule has 0 saturated carbocycles. The highest BCUT2D eigenvalue weighted by Crippen LogP contribution is 2.22. The zero-order valence-electron chi connectivity index (χ0n) is 9.55. The Morgan fingerprint density at radius 2 is 2.06 bits per heavy atom. The fourth-order valence-corrected chi connectivity index (χ4v) is 2.50. The minimum atomic E-state index is -0.149. The third-order valence-electron chi connectivity index (χ3n) is 3.28. The lowest BCUT2D eigenvalue weighted by atomic mass is 9.99. The fourth-order valence-electron chi connectivity index (χ4n) is 2.13. The zero-order chi connectivity index (χ0) is 11.5. The number of rotatable bonds is 2. The van der Waals surface area contributed by atoms with Gasteiger partial charge in [-0.15, -0.1) is 0 Å². The zero-order valence-corrected chi connectivity index (χ0v) is 11.1. The van der Waals surface area contributed by atoms with Gasteiger partial charge in [0.1, 0.15) is 5.82 Å². The molecule has 0 amide bonds. The second kappa shape index (κ2) is 5.28. The van der Waals surface area contributed by atoms with Gasteiger partial charge in [0.05, 0.1) is 0 Å². The van der Waals surface area contributed by atoms with E-state index < -0.39 is 0 Å². The Labute approximate surface area is 105 Å². The summed E-state index contributed by atoms with van der Waals surface area (Å²) in [6, 6.07) is 4.91. The molecule has 0 bridgehead atoms. The van der Waals surface area contributed by atoms with Gasteiger partial charge >= 0.3 is 0 Å². The van der Waals surface area contributed by atoms with Crippen molar-refractivity contribution in [1.82, 2.24) is 4.90 Å². The van der Waals surface area contributed by atoms with Gasteiger partial charge in [0, 0.05) is 11.0 Å². The van der Waals surface area contributed by atoms with Gasteiger partial charge in [0.25, 0.3) is 0 Å². The second-order valence-corrected chi connectivity index (χ2v) is 5.55. The molecule has 0 spiro atoms. The molecule has 1 heterocycles. The van der Waals surface area contributed by atoms with E-state index >= 15 is 0 Å². The van der Waals surface area contributed by atoms with Crippen LogP contribution in [0.2, 0.25) is 0 Å². The highest BCUT2D eigenvalue weighted by molar-refractivity contribution is 9.10. The van der Waals surface area contributed by atoms with Gasteiger partial charge in [0.15, 0.2) is 0 Å². The van der Waals surface area contributed by atoms with Gasteiger partial charge in [-0.1, -0.05) is 22.9 Å². The van der Waals surface area contributed by atoms with Crippen LogP contribution in [-0.2, 0) is 6.54 Å². The number of piperidine rings is 1. The smallest absolute Gasteiger partial charge is 0.123 e. The molecule has 16 heavy (non-hydrogen) atoms. The van der Waals surface area contributed by atoms with E-state index in [9.17, 15) is 4.39 Å². The molecule has 3 heteroatoms. The number of benzene rings is 1. The maximum Gasteiger partial charge on any atom is 0.123 e. The van der Waals surface area contributed by atoms with Gasteiger partial charge in [-0.05, 0) is 55.6 Å². The van der Waals surface area contributed by atoms with E-state index in [0.29, 0.717) is 0 Å². The van der Waals surface area contributed by atoms with E-state index in [4.69, 9.17) is 0 Å². The Bertz CT molecular complexity index is 359. The maximum atomic E-state index is 13.1. The molecule has 1 aromatic rings. The van der Waals surface area contributed by atoms with Gasteiger partial charge < -0.3 is 0 Å². The van der Waals surface area contributed by atoms with Crippen LogP contribution in [0.5, 0.6) is 0 Å². The molecule has 0 atom stereocenters. The lowest BCUT2D eigenvalue weighted by Crippen LogP contribution is -2.32. The molecular weight excluding hydrogens is 269 g/mol. The first kappa shape index (κ1) is 12.1. The third kappa shape index (κ3) is 3.05. The molecule has 88 valence electrons. The Balaban J connectivity index is 2.00. The Morgan fingerprint density at radius 1 is 1.38 bits per heavy atom. The third-order valence-corrected chi connectivity index (χ3v) is 4.05. The average Bonchev–Trinajstić information content (AvgIpc) is 2.27. The van der Waals surface area contributed by atoms with Crippen molar-refractivity contribution < 1.29 is 4.39 Å². The van der Waals surface area contributed by atoms with E-state index in [0.717, 1.165) is 35.6 Å². The number of nitrogens with zero attached hydrogens (tertiary/aromatic N) is 1. The Hall–Kier alpha value is -0.410. The van der Waals surface area contributed by atoms with Crippen LogP contribution in [0.3, 0.4) is 0 Å². The van der Waals surface area contributed by atoms with Crippen molar-refractivity contribution in [1.29, 1.82) is 0 Å². The average molecular weight is 286 g/mol. The van der Waals surface area contributed by atoms with Crippen LogP contribution >= 0.6 is 15.9 Å². The number of halogens is 2. The van der Waals surface area contributed by atoms with Crippen molar-refractivity contribution in [2.75, 3.05) is 13.1 Å². The summed E-state index contributed by atoms with van der Waals surface area (Å²) in [6.07, 6.45) is 2.51. The van der Waals surface area contributed by atoms with Crippen molar-refractivity contribution in [3.8, 4) is 0 Å². The van der Waals surface area contributed by atoms with Gasteiger partial charge in [-0.25, -0.2) is 4.39 Å². The van der Waals surface area contributed by atoms with E-state index in [2.05, 4.69) is 27.8 Å². The van der Waals surface area contributed by atoms with E-state index in [1.54, 1.807) is 12.1 Å². The minimum Gasteiger partial charge on any atom is -0.299 e. The van der Waals surface area contributed by atoms with E-state index in [-0.39, 0.29) is 5.82 Å². The fraction of sp³-hybridized carbons (Fsp3) is 0.538. The molecule has 1 fully saturated rings.